The largest absolute Gasteiger partial charge is 0.433 e. The summed E-state index contributed by atoms with van der Waals surface area (Å²) in [6, 6.07) is 10.5. The Morgan fingerprint density at radius 1 is 0.919 bits per heavy atom. The van der Waals surface area contributed by atoms with Crippen LogP contribution in [0, 0.1) is 6.92 Å². The normalized spacial score (nSPS) is 10.8. The quantitative estimate of drug-likeness (QED) is 0.372. The summed E-state index contributed by atoms with van der Waals surface area (Å²) >= 11 is 0. The maximum absolute atomic E-state index is 12.7. The van der Waals surface area contributed by atoms with E-state index in [9.17, 15) is 22.8 Å². The molecule has 0 saturated heterocycles. The molecule has 0 unspecified atom stereocenters. The fourth-order valence-corrected chi connectivity index (χ4v) is 3.23. The van der Waals surface area contributed by atoms with Gasteiger partial charge in [-0.1, -0.05) is 6.07 Å². The Bertz CT molecular complexity index is 1390. The van der Waals surface area contributed by atoms with Gasteiger partial charge in [0.1, 0.15) is 17.7 Å². The summed E-state index contributed by atoms with van der Waals surface area (Å²) in [5.74, 6) is -0.592. The van der Waals surface area contributed by atoms with Gasteiger partial charge in [-0.2, -0.15) is 13.2 Å². The summed E-state index contributed by atoms with van der Waals surface area (Å²) < 4.78 is 38.1. The number of hydrogen-bond donors (Lipinski definition) is 2. The van der Waals surface area contributed by atoms with E-state index in [0.717, 1.165) is 35.0 Å². The van der Waals surface area contributed by atoms with Crippen LogP contribution in [0.5, 0.6) is 0 Å². The number of benzene rings is 1. The molecule has 0 atom stereocenters. The van der Waals surface area contributed by atoms with E-state index in [1.165, 1.54) is 6.33 Å². The van der Waals surface area contributed by atoms with Gasteiger partial charge in [-0.05, 0) is 68.5 Å². The number of pyridine rings is 2. The number of nitrogens with zero attached hydrogens (tertiary/aromatic N) is 4. The summed E-state index contributed by atoms with van der Waals surface area (Å²) in [5.41, 5.74) is 3.25. The fraction of sp³-hybridized carbons (Fsp3) is 0.154. The Kier molecular flexibility index (Phi) is 8.75. The van der Waals surface area contributed by atoms with Crippen molar-refractivity contribution in [2.24, 2.45) is 0 Å². The molecular weight excluding hydrogens is 485 g/mol. The van der Waals surface area contributed by atoms with Gasteiger partial charge in [-0.25, -0.2) is 9.97 Å². The van der Waals surface area contributed by atoms with Gasteiger partial charge in [-0.3, -0.25) is 19.6 Å². The fourth-order valence-electron chi connectivity index (χ4n) is 3.23. The Balaban J connectivity index is 0.00000121. The van der Waals surface area contributed by atoms with E-state index in [-0.39, 0.29) is 11.3 Å². The third-order valence-electron chi connectivity index (χ3n) is 4.97. The van der Waals surface area contributed by atoms with Crippen LogP contribution in [0.15, 0.2) is 67.4 Å². The summed E-state index contributed by atoms with van der Waals surface area (Å²) in [7, 11) is 3.75. The number of carbonyl (C=O) groups is 2. The Morgan fingerprint density at radius 2 is 1.65 bits per heavy atom. The molecule has 1 amide bonds. The highest BCUT2D eigenvalue weighted by Gasteiger charge is 2.32. The zero-order valence-corrected chi connectivity index (χ0v) is 20.2. The van der Waals surface area contributed by atoms with E-state index in [4.69, 9.17) is 0 Å². The van der Waals surface area contributed by atoms with Crippen LogP contribution >= 0.6 is 0 Å². The molecular formula is C26H23F3N6O2. The summed E-state index contributed by atoms with van der Waals surface area (Å²) in [4.78, 5) is 39.2. The highest BCUT2D eigenvalue weighted by Crippen LogP contribution is 2.30. The first-order chi connectivity index (χ1) is 17.7. The third kappa shape index (κ3) is 7.01. The minimum atomic E-state index is -4.58. The average molecular weight is 509 g/mol. The van der Waals surface area contributed by atoms with Crippen molar-refractivity contribution < 1.29 is 22.8 Å². The molecule has 0 aliphatic rings. The molecule has 4 rings (SSSR count). The number of amides is 1. The number of aromatic nitrogens is 4. The van der Waals surface area contributed by atoms with E-state index in [1.54, 1.807) is 36.7 Å². The lowest BCUT2D eigenvalue weighted by atomic mass is 9.99. The van der Waals surface area contributed by atoms with Gasteiger partial charge < -0.3 is 10.6 Å². The lowest BCUT2D eigenvalue weighted by Gasteiger charge is -2.12. The average Bonchev–Trinajstić information content (AvgIpc) is 2.90. The number of nitrogens with one attached hydrogen (secondary N) is 2. The van der Waals surface area contributed by atoms with Crippen molar-refractivity contribution in [2.75, 3.05) is 19.4 Å². The molecule has 0 spiro atoms. The van der Waals surface area contributed by atoms with Crippen LogP contribution in [0.3, 0.4) is 0 Å². The number of halogens is 3. The third-order valence-corrected chi connectivity index (χ3v) is 4.97. The highest BCUT2D eigenvalue weighted by atomic mass is 19.4. The number of alkyl halides is 3. The maximum Gasteiger partial charge on any atom is 0.433 e. The van der Waals surface area contributed by atoms with Gasteiger partial charge in [0, 0.05) is 35.4 Å². The molecule has 0 bridgehead atoms. The van der Waals surface area contributed by atoms with E-state index >= 15 is 0 Å². The van der Waals surface area contributed by atoms with Gasteiger partial charge in [0.25, 0.3) is 5.91 Å². The van der Waals surface area contributed by atoms with Crippen LogP contribution in [0.2, 0.25) is 0 Å². The minimum Gasteiger partial charge on any atom is -0.323 e. The Labute approximate surface area is 211 Å². The molecule has 2 N–H and O–H groups in total. The molecule has 37 heavy (non-hydrogen) atoms. The van der Waals surface area contributed by atoms with Gasteiger partial charge >= 0.3 is 6.18 Å². The minimum absolute atomic E-state index is 0.00599. The number of aldehydes is 1. The molecule has 0 radical (unpaired) electrons. The molecule has 1 aromatic carbocycles. The second-order valence-electron chi connectivity index (χ2n) is 7.82. The second-order valence-corrected chi connectivity index (χ2v) is 7.82. The topological polar surface area (TPSA) is 110 Å². The molecule has 0 saturated carbocycles. The van der Waals surface area contributed by atoms with Crippen LogP contribution in [0.4, 0.5) is 18.9 Å². The molecule has 0 aliphatic heterocycles. The van der Waals surface area contributed by atoms with Gasteiger partial charge in [0.2, 0.25) is 0 Å². The highest BCUT2D eigenvalue weighted by molar-refractivity contribution is 6.04. The first-order valence-electron chi connectivity index (χ1n) is 10.9. The van der Waals surface area contributed by atoms with Crippen molar-refractivity contribution in [2.45, 2.75) is 13.1 Å². The molecule has 0 aliphatic carbocycles. The van der Waals surface area contributed by atoms with Gasteiger partial charge in [0.05, 0.1) is 11.3 Å². The number of anilines is 1. The first kappa shape index (κ1) is 27.1. The van der Waals surface area contributed by atoms with Crippen LogP contribution in [0.25, 0.3) is 22.4 Å². The van der Waals surface area contributed by atoms with Crippen LogP contribution in [-0.2, 0) is 6.18 Å². The van der Waals surface area contributed by atoms with Crippen LogP contribution in [0.1, 0.15) is 32.1 Å². The zero-order valence-electron chi connectivity index (χ0n) is 20.2. The van der Waals surface area contributed by atoms with Gasteiger partial charge in [-0.15, -0.1) is 0 Å². The molecule has 0 fully saturated rings. The van der Waals surface area contributed by atoms with Crippen molar-refractivity contribution in [1.29, 1.82) is 0 Å². The molecule has 3 aromatic heterocycles. The van der Waals surface area contributed by atoms with Crippen LogP contribution < -0.4 is 10.6 Å². The molecule has 190 valence electrons. The van der Waals surface area contributed by atoms with Crippen molar-refractivity contribution in [3.8, 4) is 22.4 Å². The van der Waals surface area contributed by atoms with E-state index in [1.807, 2.05) is 27.1 Å². The monoisotopic (exact) mass is 508 g/mol. The van der Waals surface area contributed by atoms with E-state index in [2.05, 4.69) is 30.6 Å². The second kappa shape index (κ2) is 12.0. The smallest absolute Gasteiger partial charge is 0.323 e. The maximum atomic E-state index is 12.7. The summed E-state index contributed by atoms with van der Waals surface area (Å²) in [6.45, 7) is 1.89. The lowest BCUT2D eigenvalue weighted by Crippen LogP contribution is -2.14. The van der Waals surface area contributed by atoms with E-state index in [0.29, 0.717) is 23.2 Å². The molecule has 11 heteroatoms. The van der Waals surface area contributed by atoms with Gasteiger partial charge in [0.15, 0.2) is 6.29 Å². The standard InChI is InChI=1S/C24H16F3N5O2.C2H7N/c1-14-2-4-18(32-23(34)15-3-5-22(29-11-15)24(25,26)27)7-20(14)16-6-17(10-28-9-16)21-8-19(12-33)30-13-31-21;1-3-2/h2-13H,1H3,(H,32,34);3H,1-2H3. The summed E-state index contributed by atoms with van der Waals surface area (Å²) in [6.07, 6.45) is 1.49. The Morgan fingerprint density at radius 3 is 2.30 bits per heavy atom. The van der Waals surface area contributed by atoms with Crippen molar-refractivity contribution in [3.63, 3.8) is 0 Å². The van der Waals surface area contributed by atoms with Crippen molar-refractivity contribution >= 4 is 17.9 Å². The predicted molar refractivity (Wildman–Crippen MR) is 133 cm³/mol. The van der Waals surface area contributed by atoms with E-state index < -0.39 is 17.8 Å². The lowest BCUT2D eigenvalue weighted by molar-refractivity contribution is -0.141. The molecule has 4 aromatic rings. The number of carbonyl (C=O) groups excluding carboxylic acids is 2. The number of hydrogen-bond acceptors (Lipinski definition) is 7. The predicted octanol–water partition coefficient (Wildman–Crippen LogP) is 4.83. The van der Waals surface area contributed by atoms with Crippen molar-refractivity contribution in [1.82, 2.24) is 25.3 Å². The Hall–Kier alpha value is -4.51. The first-order valence-corrected chi connectivity index (χ1v) is 10.9. The number of rotatable bonds is 5. The number of aryl methyl sites for hydroxylation is 1. The summed E-state index contributed by atoms with van der Waals surface area (Å²) in [5, 5.41) is 5.43. The zero-order chi connectivity index (χ0) is 27.0. The SMILES string of the molecule is CNC.Cc1ccc(NC(=O)c2ccc(C(F)(F)F)nc2)cc1-c1cncc(-c2cc(C=O)ncn2)c1. The molecule has 3 heterocycles. The molecule has 8 nitrogen and oxygen atoms in total. The van der Waals surface area contributed by atoms with Crippen molar-refractivity contribution in [3.05, 3.63) is 89.9 Å². The van der Waals surface area contributed by atoms with Crippen LogP contribution in [-0.4, -0.2) is 46.2 Å².